The molecular formula is C22H17N3O. The fraction of sp³-hybridized carbons (Fsp3) is 0.136. The summed E-state index contributed by atoms with van der Waals surface area (Å²) in [7, 11) is 0. The van der Waals surface area contributed by atoms with Gasteiger partial charge < -0.3 is 0 Å². The lowest BCUT2D eigenvalue weighted by Crippen LogP contribution is -2.21. The average Bonchev–Trinajstić information content (AvgIpc) is 3.54. The molecule has 1 aliphatic carbocycles. The van der Waals surface area contributed by atoms with Gasteiger partial charge in [-0.05, 0) is 59.7 Å². The van der Waals surface area contributed by atoms with E-state index in [2.05, 4.69) is 34.3 Å². The summed E-state index contributed by atoms with van der Waals surface area (Å²) < 4.78 is 1.34. The third kappa shape index (κ3) is 2.60. The molecule has 2 heterocycles. The van der Waals surface area contributed by atoms with E-state index in [9.17, 15) is 4.79 Å². The summed E-state index contributed by atoms with van der Waals surface area (Å²) in [5.74, 6) is 1.25. The van der Waals surface area contributed by atoms with Crippen LogP contribution in [-0.4, -0.2) is 14.8 Å². The number of hydrogen-bond acceptors (Lipinski definition) is 3. The Hall–Kier alpha value is -3.27. The molecule has 1 saturated carbocycles. The Balaban J connectivity index is 1.61. The summed E-state index contributed by atoms with van der Waals surface area (Å²) in [4.78, 5) is 17.0. The van der Waals surface area contributed by atoms with E-state index >= 15 is 0 Å². The zero-order chi connectivity index (χ0) is 17.5. The van der Waals surface area contributed by atoms with Gasteiger partial charge in [-0.3, -0.25) is 4.79 Å². The van der Waals surface area contributed by atoms with Gasteiger partial charge >= 0.3 is 0 Å². The molecule has 4 nitrogen and oxygen atoms in total. The zero-order valence-corrected chi connectivity index (χ0v) is 14.2. The van der Waals surface area contributed by atoms with E-state index in [0.717, 1.165) is 16.9 Å². The van der Waals surface area contributed by atoms with Crippen LogP contribution in [0.25, 0.3) is 27.7 Å². The van der Waals surface area contributed by atoms with E-state index in [1.807, 2.05) is 30.3 Å². The van der Waals surface area contributed by atoms with Crippen molar-refractivity contribution in [3.63, 3.8) is 0 Å². The molecule has 1 aliphatic rings. The van der Waals surface area contributed by atoms with Gasteiger partial charge in [-0.2, -0.15) is 9.78 Å². The summed E-state index contributed by atoms with van der Waals surface area (Å²) in [5.41, 5.74) is 3.55. The van der Waals surface area contributed by atoms with Gasteiger partial charge in [-0.1, -0.05) is 36.4 Å². The standard InChI is InChI=1S/C22H17N3O/c26-22-20-10-9-18(17-5-3-4-16(12-17)15-7-8-15)13-19(20)14-24-25(22)21-6-1-2-11-23-21/h1-6,9-15H,7-8H2. The van der Waals surface area contributed by atoms with E-state index in [-0.39, 0.29) is 5.56 Å². The van der Waals surface area contributed by atoms with Crippen LogP contribution in [0.2, 0.25) is 0 Å². The van der Waals surface area contributed by atoms with E-state index in [1.54, 1.807) is 18.5 Å². The van der Waals surface area contributed by atoms with Crippen LogP contribution in [0.1, 0.15) is 24.3 Å². The first kappa shape index (κ1) is 15.0. The molecule has 126 valence electrons. The number of hydrogen-bond donors (Lipinski definition) is 0. The molecule has 2 aromatic carbocycles. The first-order valence-electron chi connectivity index (χ1n) is 8.83. The molecule has 0 unspecified atom stereocenters. The van der Waals surface area contributed by atoms with Gasteiger partial charge in [0.05, 0.1) is 11.6 Å². The van der Waals surface area contributed by atoms with E-state index in [1.165, 1.54) is 28.7 Å². The molecule has 4 aromatic rings. The number of rotatable bonds is 3. The van der Waals surface area contributed by atoms with Crippen molar-refractivity contribution in [1.29, 1.82) is 0 Å². The quantitative estimate of drug-likeness (QED) is 0.558. The van der Waals surface area contributed by atoms with Gasteiger partial charge in [-0.15, -0.1) is 0 Å². The summed E-state index contributed by atoms with van der Waals surface area (Å²) in [5, 5.41) is 5.80. The number of fused-ring (bicyclic) bond motifs is 1. The van der Waals surface area contributed by atoms with Crippen LogP contribution >= 0.6 is 0 Å². The molecule has 0 saturated heterocycles. The van der Waals surface area contributed by atoms with Crippen LogP contribution in [0.5, 0.6) is 0 Å². The Morgan fingerprint density at radius 1 is 0.923 bits per heavy atom. The van der Waals surface area contributed by atoms with Crippen molar-refractivity contribution < 1.29 is 0 Å². The van der Waals surface area contributed by atoms with Crippen LogP contribution in [0.15, 0.2) is 77.9 Å². The second-order valence-electron chi connectivity index (χ2n) is 6.75. The van der Waals surface area contributed by atoms with E-state index < -0.39 is 0 Å². The van der Waals surface area contributed by atoms with Gasteiger partial charge in [0.25, 0.3) is 5.56 Å². The number of nitrogens with zero attached hydrogens (tertiary/aromatic N) is 3. The second kappa shape index (κ2) is 5.92. The highest BCUT2D eigenvalue weighted by Gasteiger charge is 2.23. The lowest BCUT2D eigenvalue weighted by Gasteiger charge is -2.08. The van der Waals surface area contributed by atoms with Gasteiger partial charge in [0.15, 0.2) is 5.82 Å². The summed E-state index contributed by atoms with van der Waals surface area (Å²) in [6, 6.07) is 20.1. The van der Waals surface area contributed by atoms with Crippen molar-refractivity contribution in [3.8, 4) is 16.9 Å². The molecule has 0 N–H and O–H groups in total. The van der Waals surface area contributed by atoms with Crippen LogP contribution in [0.4, 0.5) is 0 Å². The molecule has 0 spiro atoms. The van der Waals surface area contributed by atoms with Crippen LogP contribution in [-0.2, 0) is 0 Å². The Labute approximate surface area is 150 Å². The van der Waals surface area contributed by atoms with Crippen molar-refractivity contribution in [3.05, 3.63) is 89.0 Å². The highest BCUT2D eigenvalue weighted by molar-refractivity contribution is 5.86. The summed E-state index contributed by atoms with van der Waals surface area (Å²) >= 11 is 0. The topological polar surface area (TPSA) is 47.8 Å². The highest BCUT2D eigenvalue weighted by atomic mass is 16.1. The number of pyridine rings is 1. The fourth-order valence-corrected chi connectivity index (χ4v) is 3.36. The molecule has 0 radical (unpaired) electrons. The highest BCUT2D eigenvalue weighted by Crippen LogP contribution is 2.41. The molecule has 0 atom stereocenters. The first-order valence-corrected chi connectivity index (χ1v) is 8.83. The predicted octanol–water partition coefficient (Wildman–Crippen LogP) is 4.33. The van der Waals surface area contributed by atoms with Gasteiger partial charge in [0.2, 0.25) is 0 Å². The SMILES string of the molecule is O=c1c2ccc(-c3cccc(C4CC4)c3)cc2cnn1-c1ccccn1. The maximum absolute atomic E-state index is 12.8. The fourth-order valence-electron chi connectivity index (χ4n) is 3.36. The number of aromatic nitrogens is 3. The summed E-state index contributed by atoms with van der Waals surface area (Å²) in [6.45, 7) is 0. The van der Waals surface area contributed by atoms with Crippen molar-refractivity contribution in [1.82, 2.24) is 14.8 Å². The largest absolute Gasteiger partial charge is 0.280 e. The lowest BCUT2D eigenvalue weighted by molar-refractivity contribution is 0.794. The molecule has 0 bridgehead atoms. The molecule has 1 fully saturated rings. The number of benzene rings is 2. The van der Waals surface area contributed by atoms with Crippen LogP contribution in [0.3, 0.4) is 0 Å². The van der Waals surface area contributed by atoms with Crippen molar-refractivity contribution in [2.24, 2.45) is 0 Å². The predicted molar refractivity (Wildman–Crippen MR) is 103 cm³/mol. The van der Waals surface area contributed by atoms with Gasteiger partial charge in [0, 0.05) is 11.6 Å². The maximum atomic E-state index is 12.8. The third-order valence-corrected chi connectivity index (χ3v) is 4.92. The van der Waals surface area contributed by atoms with Crippen molar-refractivity contribution in [2.45, 2.75) is 18.8 Å². The molecule has 0 amide bonds. The molecular weight excluding hydrogens is 322 g/mol. The summed E-state index contributed by atoms with van der Waals surface area (Å²) in [6.07, 6.45) is 5.97. The molecule has 5 rings (SSSR count). The van der Waals surface area contributed by atoms with Crippen molar-refractivity contribution >= 4 is 10.8 Å². The molecule has 4 heteroatoms. The third-order valence-electron chi connectivity index (χ3n) is 4.92. The molecule has 0 aliphatic heterocycles. The molecule has 26 heavy (non-hydrogen) atoms. The lowest BCUT2D eigenvalue weighted by atomic mass is 9.99. The molecule has 2 aromatic heterocycles. The Bertz CT molecular complexity index is 1160. The van der Waals surface area contributed by atoms with Crippen LogP contribution < -0.4 is 5.56 Å². The minimum absolute atomic E-state index is 0.153. The minimum atomic E-state index is -0.153. The normalized spacial score (nSPS) is 13.8. The average molecular weight is 339 g/mol. The Morgan fingerprint density at radius 2 is 1.81 bits per heavy atom. The van der Waals surface area contributed by atoms with Gasteiger partial charge in [0.1, 0.15) is 0 Å². The van der Waals surface area contributed by atoms with E-state index in [4.69, 9.17) is 0 Å². The smallest absolute Gasteiger partial charge is 0.267 e. The Kier molecular flexibility index (Phi) is 3.42. The maximum Gasteiger partial charge on any atom is 0.280 e. The Morgan fingerprint density at radius 3 is 2.62 bits per heavy atom. The van der Waals surface area contributed by atoms with Crippen LogP contribution in [0, 0.1) is 0 Å². The van der Waals surface area contributed by atoms with E-state index in [0.29, 0.717) is 11.2 Å². The monoisotopic (exact) mass is 339 g/mol. The van der Waals surface area contributed by atoms with Gasteiger partial charge in [-0.25, -0.2) is 4.98 Å². The first-order chi connectivity index (χ1) is 12.8. The second-order valence-corrected chi connectivity index (χ2v) is 6.75. The minimum Gasteiger partial charge on any atom is -0.267 e. The van der Waals surface area contributed by atoms with Crippen molar-refractivity contribution in [2.75, 3.05) is 0 Å². The zero-order valence-electron chi connectivity index (χ0n) is 14.2.